The summed E-state index contributed by atoms with van der Waals surface area (Å²) >= 11 is 19.2. The molecule has 0 aliphatic rings. The molecule has 13 heteroatoms. The van der Waals surface area contributed by atoms with Crippen LogP contribution in [0.25, 0.3) is 0 Å². The molecule has 9 nitrogen and oxygen atoms in total. The van der Waals surface area contributed by atoms with Gasteiger partial charge in [-0.2, -0.15) is 0 Å². The molecule has 0 unspecified atom stereocenters. The zero-order chi connectivity index (χ0) is 33.9. The van der Waals surface area contributed by atoms with Crippen LogP contribution in [0, 0.1) is 0 Å². The van der Waals surface area contributed by atoms with Crippen LogP contribution in [0.4, 0.5) is 0 Å². The quantitative estimate of drug-likeness (QED) is 0.145. The number of aliphatic carboxylic acids is 1. The highest BCUT2D eigenvalue weighted by molar-refractivity contribution is 9.09. The van der Waals surface area contributed by atoms with Crippen molar-refractivity contribution < 1.29 is 43.5 Å². The van der Waals surface area contributed by atoms with Gasteiger partial charge < -0.3 is 29.2 Å². The second kappa shape index (κ2) is 27.2. The smallest absolute Gasteiger partial charge is 0.309 e. The van der Waals surface area contributed by atoms with Crippen molar-refractivity contribution in [3.8, 4) is 17.2 Å². The van der Waals surface area contributed by atoms with Gasteiger partial charge in [0, 0.05) is 11.2 Å². The highest BCUT2D eigenvalue weighted by Crippen LogP contribution is 2.15. The van der Waals surface area contributed by atoms with E-state index < -0.39 is 5.97 Å². The molecule has 0 saturated heterocycles. The maximum absolute atomic E-state index is 11.0. The Morgan fingerprint density at radius 1 is 0.667 bits per heavy atom. The molecule has 3 rings (SSSR count). The van der Waals surface area contributed by atoms with Crippen molar-refractivity contribution in [2.24, 2.45) is 0 Å². The second-order valence-electron chi connectivity index (χ2n) is 8.49. The molecule has 0 bridgehead atoms. The SMILES string of the molecule is COC(=O)Cc1cccc(O)c1.COC(=O)Cc1cccc(OCCCl)c1.ClCCBr.O=C(O)Cc1cccc(OCCCl)c1. The van der Waals surface area contributed by atoms with Crippen LogP contribution in [0.3, 0.4) is 0 Å². The molecule has 0 aliphatic carbocycles. The van der Waals surface area contributed by atoms with Crippen LogP contribution in [0.1, 0.15) is 16.7 Å². The molecule has 0 saturated carbocycles. The van der Waals surface area contributed by atoms with Crippen LogP contribution in [-0.2, 0) is 43.1 Å². The second-order valence-corrected chi connectivity index (χ2v) is 10.4. The molecular formula is C32H38BrCl3O9. The van der Waals surface area contributed by atoms with Crippen LogP contribution in [0.2, 0.25) is 0 Å². The van der Waals surface area contributed by atoms with Gasteiger partial charge in [0.25, 0.3) is 0 Å². The number of aromatic hydroxyl groups is 1. The molecule has 248 valence electrons. The van der Waals surface area contributed by atoms with Gasteiger partial charge in [0.2, 0.25) is 0 Å². The van der Waals surface area contributed by atoms with E-state index in [0.717, 1.165) is 27.8 Å². The Hall–Kier alpha value is -3.18. The molecule has 2 N–H and O–H groups in total. The summed E-state index contributed by atoms with van der Waals surface area (Å²) in [6.07, 6.45) is 0.470. The molecule has 0 heterocycles. The first kappa shape index (κ1) is 41.8. The van der Waals surface area contributed by atoms with Gasteiger partial charge in [-0.15, -0.1) is 34.8 Å². The largest absolute Gasteiger partial charge is 0.508 e. The number of phenolic OH excluding ortho intramolecular Hbond substituents is 1. The fourth-order valence-electron chi connectivity index (χ4n) is 3.12. The van der Waals surface area contributed by atoms with E-state index in [1.54, 1.807) is 42.5 Å². The summed E-state index contributed by atoms with van der Waals surface area (Å²) in [5.41, 5.74) is 2.35. The van der Waals surface area contributed by atoms with Crippen LogP contribution >= 0.6 is 50.7 Å². The fraction of sp³-hybridized carbons (Fsp3) is 0.344. The summed E-state index contributed by atoms with van der Waals surface area (Å²) in [5.74, 6) is 1.70. The number of phenols is 1. The maximum atomic E-state index is 11.0. The van der Waals surface area contributed by atoms with E-state index in [1.165, 1.54) is 20.3 Å². The number of methoxy groups -OCH3 is 2. The van der Waals surface area contributed by atoms with Gasteiger partial charge >= 0.3 is 17.9 Å². The number of halogens is 4. The van der Waals surface area contributed by atoms with Gasteiger partial charge in [0.05, 0.1) is 45.2 Å². The van der Waals surface area contributed by atoms with Gasteiger partial charge in [-0.05, 0) is 53.1 Å². The number of carboxylic acids is 1. The Labute approximate surface area is 287 Å². The molecule has 0 atom stereocenters. The van der Waals surface area contributed by atoms with Crippen LogP contribution in [0.5, 0.6) is 17.2 Å². The molecule has 45 heavy (non-hydrogen) atoms. The van der Waals surface area contributed by atoms with E-state index in [1.807, 2.05) is 24.3 Å². The van der Waals surface area contributed by atoms with E-state index in [2.05, 4.69) is 25.4 Å². The first-order chi connectivity index (χ1) is 21.6. The van der Waals surface area contributed by atoms with Gasteiger partial charge in [-0.1, -0.05) is 52.3 Å². The lowest BCUT2D eigenvalue weighted by Crippen LogP contribution is -2.05. The average molecular weight is 753 g/mol. The van der Waals surface area contributed by atoms with Crippen LogP contribution in [-0.4, -0.2) is 78.5 Å². The Balaban J connectivity index is 0.000000611. The van der Waals surface area contributed by atoms with Crippen molar-refractivity contribution in [1.82, 2.24) is 0 Å². The van der Waals surface area contributed by atoms with Gasteiger partial charge in [-0.3, -0.25) is 14.4 Å². The number of carbonyl (C=O) groups is 3. The molecule has 0 radical (unpaired) electrons. The maximum Gasteiger partial charge on any atom is 0.309 e. The van der Waals surface area contributed by atoms with Crippen LogP contribution < -0.4 is 9.47 Å². The minimum absolute atomic E-state index is 0.0120. The molecular weight excluding hydrogens is 715 g/mol. The molecule has 3 aromatic rings. The number of benzene rings is 3. The minimum Gasteiger partial charge on any atom is -0.508 e. The third-order valence-corrected chi connectivity index (χ3v) is 6.33. The minimum atomic E-state index is -0.848. The average Bonchev–Trinajstić information content (AvgIpc) is 3.03. The molecule has 0 spiro atoms. The van der Waals surface area contributed by atoms with E-state index >= 15 is 0 Å². The fourth-order valence-corrected chi connectivity index (χ4v) is 3.28. The predicted molar refractivity (Wildman–Crippen MR) is 181 cm³/mol. The summed E-state index contributed by atoms with van der Waals surface area (Å²) < 4.78 is 19.6. The predicted octanol–water partition coefficient (Wildman–Crippen LogP) is 6.68. The molecule has 3 aromatic carbocycles. The Morgan fingerprint density at radius 3 is 1.42 bits per heavy atom. The first-order valence-electron chi connectivity index (χ1n) is 13.4. The number of esters is 2. The third kappa shape index (κ3) is 22.9. The summed E-state index contributed by atoms with van der Waals surface area (Å²) in [6, 6.07) is 20.9. The monoisotopic (exact) mass is 750 g/mol. The van der Waals surface area contributed by atoms with Crippen molar-refractivity contribution in [3.63, 3.8) is 0 Å². The third-order valence-electron chi connectivity index (χ3n) is 4.98. The zero-order valence-electron chi connectivity index (χ0n) is 25.1. The van der Waals surface area contributed by atoms with Gasteiger partial charge in [0.1, 0.15) is 30.5 Å². The van der Waals surface area contributed by atoms with E-state index in [-0.39, 0.29) is 37.0 Å². The standard InChI is InChI=1S/C11H13ClO3.C10H11ClO3.C9H10O3.C2H4BrCl/c1-14-11(13)8-9-3-2-4-10(7-9)15-6-5-12;11-4-5-14-9-3-1-2-8(6-9)7-10(12)13;1-12-9(11)6-7-3-2-4-8(10)5-7;3-1-2-4/h2-4,7H,5-6,8H2,1H3;1-3,6H,4-5,7H2,(H,12,13);2-5,10H,6H2,1H3;1-2H2. The van der Waals surface area contributed by atoms with Gasteiger partial charge in [0.15, 0.2) is 0 Å². The lowest BCUT2D eigenvalue weighted by atomic mass is 10.1. The number of ether oxygens (including phenoxy) is 4. The first-order valence-corrected chi connectivity index (χ1v) is 16.1. The Bertz CT molecular complexity index is 1260. The van der Waals surface area contributed by atoms with Crippen molar-refractivity contribution in [3.05, 3.63) is 89.5 Å². The lowest BCUT2D eigenvalue weighted by Gasteiger charge is -2.05. The number of carboxylic acid groups (broad SMARTS) is 1. The molecule has 0 amide bonds. The summed E-state index contributed by atoms with van der Waals surface area (Å²) in [4.78, 5) is 32.2. The van der Waals surface area contributed by atoms with Crippen molar-refractivity contribution >= 4 is 68.6 Å². The van der Waals surface area contributed by atoms with E-state index in [9.17, 15) is 14.4 Å². The van der Waals surface area contributed by atoms with E-state index in [0.29, 0.717) is 36.6 Å². The number of hydrogen-bond acceptors (Lipinski definition) is 8. The van der Waals surface area contributed by atoms with Crippen molar-refractivity contribution in [2.45, 2.75) is 19.3 Å². The number of hydrogen-bond donors (Lipinski definition) is 2. The van der Waals surface area contributed by atoms with Crippen molar-refractivity contribution in [1.29, 1.82) is 0 Å². The van der Waals surface area contributed by atoms with E-state index in [4.69, 9.17) is 54.5 Å². The van der Waals surface area contributed by atoms with Crippen LogP contribution in [0.15, 0.2) is 72.8 Å². The Morgan fingerprint density at radius 2 is 1.07 bits per heavy atom. The topological polar surface area (TPSA) is 129 Å². The highest BCUT2D eigenvalue weighted by atomic mass is 79.9. The number of alkyl halides is 4. The number of rotatable bonds is 13. The normalized spacial score (nSPS) is 9.47. The number of carbonyl (C=O) groups excluding carboxylic acids is 2. The summed E-state index contributed by atoms with van der Waals surface area (Å²) in [5, 5.41) is 18.5. The lowest BCUT2D eigenvalue weighted by molar-refractivity contribution is -0.140. The summed E-state index contributed by atoms with van der Waals surface area (Å²) in [7, 11) is 2.71. The van der Waals surface area contributed by atoms with Gasteiger partial charge in [-0.25, -0.2) is 0 Å². The Kier molecular flexibility index (Phi) is 25.2. The zero-order valence-corrected chi connectivity index (χ0v) is 28.9. The van der Waals surface area contributed by atoms with Crippen molar-refractivity contribution in [2.75, 3.05) is 50.4 Å². The highest BCUT2D eigenvalue weighted by Gasteiger charge is 2.04. The summed E-state index contributed by atoms with van der Waals surface area (Å²) in [6.45, 7) is 0.890. The molecule has 0 fully saturated rings. The molecule has 0 aliphatic heterocycles. The molecule has 0 aromatic heterocycles.